The summed E-state index contributed by atoms with van der Waals surface area (Å²) in [7, 11) is 0. The highest BCUT2D eigenvalue weighted by Gasteiger charge is 2.47. The Morgan fingerprint density at radius 1 is 0.650 bits per heavy atom. The van der Waals surface area contributed by atoms with Crippen molar-refractivity contribution in [3.05, 3.63) is 131 Å². The lowest BCUT2D eigenvalue weighted by Crippen LogP contribution is -2.41. The van der Waals surface area contributed by atoms with Crippen LogP contribution in [0.1, 0.15) is 85.7 Å². The number of carbonyl (C=O) groups excluding carboxylic acids is 1. The minimum atomic E-state index is -0.471. The van der Waals surface area contributed by atoms with Crippen molar-refractivity contribution in [1.29, 1.82) is 0 Å². The zero-order valence-corrected chi connectivity index (χ0v) is 22.6. The number of Topliss-reactive ketones (excluding diaryl/α,β-unsaturated/α-hetero) is 1. The molecule has 0 saturated heterocycles. The van der Waals surface area contributed by atoms with Gasteiger partial charge in [-0.1, -0.05) is 49.2 Å². The predicted molar refractivity (Wildman–Crippen MR) is 152 cm³/mol. The number of hydrogen-bond acceptors (Lipinski definition) is 3. The molecule has 6 rings (SSSR count). The lowest BCUT2D eigenvalue weighted by Gasteiger charge is -2.46. The van der Waals surface area contributed by atoms with E-state index in [2.05, 4.69) is 9.97 Å². The van der Waals surface area contributed by atoms with E-state index in [1.165, 1.54) is 12.1 Å². The van der Waals surface area contributed by atoms with Crippen molar-refractivity contribution in [2.75, 3.05) is 0 Å². The molecular weight excluding hydrogens is 502 g/mol. The summed E-state index contributed by atoms with van der Waals surface area (Å²) < 4.78 is 28.7. The van der Waals surface area contributed by atoms with Crippen molar-refractivity contribution in [3.63, 3.8) is 0 Å². The highest BCUT2D eigenvalue weighted by molar-refractivity contribution is 5.91. The third kappa shape index (κ3) is 5.10. The van der Waals surface area contributed by atoms with Crippen LogP contribution in [0.25, 0.3) is 0 Å². The first kappa shape index (κ1) is 26.5. The Morgan fingerprint density at radius 3 is 1.43 bits per heavy atom. The smallest absolute Gasteiger partial charge is 0.150 e. The standard InChI is InChI=1S/C35H34F2N2O/c36-27-11-5-9-25(21-27)34(15-7-16-34)23-29(31-13-1-3-19-38-31)33(40)30(32-14-2-4-20-39-32)24-35(17-8-18-35)26-10-6-12-28(37)22-26/h1-6,9-14,19-22,29-30H,7-8,15-18,23-24H2. The molecule has 2 heterocycles. The molecule has 0 N–H and O–H groups in total. The molecule has 2 aromatic heterocycles. The van der Waals surface area contributed by atoms with Crippen LogP contribution in [0, 0.1) is 11.6 Å². The summed E-state index contributed by atoms with van der Waals surface area (Å²) in [6.07, 6.45) is 10.4. The van der Waals surface area contributed by atoms with Crippen molar-refractivity contribution >= 4 is 5.78 Å². The van der Waals surface area contributed by atoms with Crippen molar-refractivity contribution in [3.8, 4) is 0 Å². The van der Waals surface area contributed by atoms with Gasteiger partial charge in [0, 0.05) is 12.4 Å². The molecule has 2 aliphatic carbocycles. The third-order valence-corrected chi connectivity index (χ3v) is 9.46. The maximum absolute atomic E-state index is 14.8. The predicted octanol–water partition coefficient (Wildman–Crippen LogP) is 8.22. The summed E-state index contributed by atoms with van der Waals surface area (Å²) in [5, 5.41) is 0. The number of carbonyl (C=O) groups is 1. The number of rotatable bonds is 10. The first-order valence-corrected chi connectivity index (χ1v) is 14.4. The van der Waals surface area contributed by atoms with Crippen molar-refractivity contribution in [1.82, 2.24) is 9.97 Å². The van der Waals surface area contributed by atoms with Gasteiger partial charge in [0.05, 0.1) is 23.2 Å². The number of benzene rings is 2. The minimum absolute atomic E-state index is 0.0859. The van der Waals surface area contributed by atoms with E-state index in [1.54, 1.807) is 36.7 Å². The molecule has 3 nitrogen and oxygen atoms in total. The number of hydrogen-bond donors (Lipinski definition) is 0. The lowest BCUT2D eigenvalue weighted by atomic mass is 9.57. The van der Waals surface area contributed by atoms with E-state index >= 15 is 0 Å². The van der Waals surface area contributed by atoms with Crippen LogP contribution in [0.15, 0.2) is 97.3 Å². The average Bonchev–Trinajstić information content (AvgIpc) is 2.93. The Labute approximate surface area is 234 Å². The van der Waals surface area contributed by atoms with E-state index < -0.39 is 11.8 Å². The van der Waals surface area contributed by atoms with E-state index in [0.717, 1.165) is 61.0 Å². The van der Waals surface area contributed by atoms with Crippen LogP contribution in [0.3, 0.4) is 0 Å². The SMILES string of the molecule is O=C(C(CC1(c2cccc(F)c2)CCC1)c1ccccn1)C(CC1(c2cccc(F)c2)CCC1)c1ccccn1. The molecule has 2 saturated carbocycles. The third-order valence-electron chi connectivity index (χ3n) is 9.46. The van der Waals surface area contributed by atoms with E-state index in [-0.39, 0.29) is 28.2 Å². The summed E-state index contributed by atoms with van der Waals surface area (Å²) in [6.45, 7) is 0. The second-order valence-electron chi connectivity index (χ2n) is 11.7. The Hall–Kier alpha value is -3.73. The minimum Gasteiger partial charge on any atom is -0.298 e. The van der Waals surface area contributed by atoms with Gasteiger partial charge in [-0.15, -0.1) is 0 Å². The highest BCUT2D eigenvalue weighted by atomic mass is 19.1. The molecule has 4 aromatic rings. The summed E-state index contributed by atoms with van der Waals surface area (Å²) >= 11 is 0. The molecule has 0 radical (unpaired) electrons. The first-order valence-electron chi connectivity index (χ1n) is 14.4. The molecule has 2 aliphatic rings. The largest absolute Gasteiger partial charge is 0.298 e. The van der Waals surface area contributed by atoms with E-state index in [1.807, 2.05) is 48.5 Å². The van der Waals surface area contributed by atoms with Crippen LogP contribution in [0.5, 0.6) is 0 Å². The molecule has 0 bridgehead atoms. The Balaban J connectivity index is 1.40. The van der Waals surface area contributed by atoms with E-state index in [9.17, 15) is 13.6 Å². The molecular formula is C35H34F2N2O. The lowest BCUT2D eigenvalue weighted by molar-refractivity contribution is -0.123. The van der Waals surface area contributed by atoms with Crippen LogP contribution < -0.4 is 0 Å². The number of halogens is 2. The fraction of sp³-hybridized carbons (Fsp3) is 0.343. The van der Waals surface area contributed by atoms with Gasteiger partial charge in [-0.3, -0.25) is 14.8 Å². The second-order valence-corrected chi connectivity index (χ2v) is 11.7. The summed E-state index contributed by atoms with van der Waals surface area (Å²) in [4.78, 5) is 24.2. The molecule has 204 valence electrons. The topological polar surface area (TPSA) is 42.9 Å². The molecule has 5 heteroatoms. The molecule has 0 spiro atoms. The van der Waals surface area contributed by atoms with Crippen molar-refractivity contribution in [2.45, 2.75) is 74.0 Å². The van der Waals surface area contributed by atoms with Gasteiger partial charge >= 0.3 is 0 Å². The molecule has 40 heavy (non-hydrogen) atoms. The van der Waals surface area contributed by atoms with E-state index in [0.29, 0.717) is 12.8 Å². The van der Waals surface area contributed by atoms with Gasteiger partial charge in [-0.2, -0.15) is 0 Å². The Morgan fingerprint density at radius 2 is 1.10 bits per heavy atom. The number of aromatic nitrogens is 2. The summed E-state index contributed by atoms with van der Waals surface area (Å²) in [6, 6.07) is 25.1. The maximum Gasteiger partial charge on any atom is 0.150 e. The molecule has 2 aromatic carbocycles. The van der Waals surface area contributed by atoms with Gasteiger partial charge < -0.3 is 0 Å². The number of pyridine rings is 2. The maximum atomic E-state index is 14.8. The zero-order valence-electron chi connectivity index (χ0n) is 22.6. The monoisotopic (exact) mass is 536 g/mol. The van der Waals surface area contributed by atoms with Gasteiger partial charge in [0.2, 0.25) is 0 Å². The fourth-order valence-electron chi connectivity index (χ4n) is 6.96. The molecule has 2 atom stereocenters. The average molecular weight is 537 g/mol. The fourth-order valence-corrected chi connectivity index (χ4v) is 6.96. The zero-order chi connectivity index (χ0) is 27.6. The van der Waals surface area contributed by atoms with Gasteiger partial charge in [0.1, 0.15) is 11.6 Å². The molecule has 0 aliphatic heterocycles. The molecule has 2 unspecified atom stereocenters. The summed E-state index contributed by atoms with van der Waals surface area (Å²) in [5.74, 6) is -1.36. The van der Waals surface area contributed by atoms with Gasteiger partial charge in [-0.05, 0) is 109 Å². The molecule has 0 amide bonds. The van der Waals surface area contributed by atoms with Gasteiger partial charge in [0.15, 0.2) is 5.78 Å². The number of nitrogens with zero attached hydrogens (tertiary/aromatic N) is 2. The van der Waals surface area contributed by atoms with Crippen LogP contribution in [-0.4, -0.2) is 15.8 Å². The Bertz CT molecular complexity index is 1350. The molecule has 2 fully saturated rings. The van der Waals surface area contributed by atoms with Gasteiger partial charge in [0.25, 0.3) is 0 Å². The van der Waals surface area contributed by atoms with Crippen LogP contribution in [-0.2, 0) is 15.6 Å². The quantitative estimate of drug-likeness (QED) is 0.205. The van der Waals surface area contributed by atoms with Crippen molar-refractivity contribution < 1.29 is 13.6 Å². The first-order chi connectivity index (χ1) is 19.5. The van der Waals surface area contributed by atoms with Crippen LogP contribution in [0.4, 0.5) is 8.78 Å². The van der Waals surface area contributed by atoms with E-state index in [4.69, 9.17) is 0 Å². The second kappa shape index (κ2) is 11.0. The van der Waals surface area contributed by atoms with Crippen LogP contribution >= 0.6 is 0 Å². The normalized spacial score (nSPS) is 18.6. The Kier molecular flexibility index (Phi) is 7.31. The highest BCUT2D eigenvalue weighted by Crippen LogP contribution is 2.53. The number of ketones is 1. The van der Waals surface area contributed by atoms with Gasteiger partial charge in [-0.25, -0.2) is 8.78 Å². The van der Waals surface area contributed by atoms with Crippen LogP contribution in [0.2, 0.25) is 0 Å². The summed E-state index contributed by atoms with van der Waals surface area (Å²) in [5.41, 5.74) is 2.85. The van der Waals surface area contributed by atoms with Crippen molar-refractivity contribution in [2.24, 2.45) is 0 Å².